The molecular formula is C36H28N6O2. The first-order valence-corrected chi connectivity index (χ1v) is 14.2. The highest BCUT2D eigenvalue weighted by Crippen LogP contribution is 2.31. The van der Waals surface area contributed by atoms with Crippen molar-refractivity contribution < 1.29 is 9.84 Å². The number of benzene rings is 5. The standard InChI is InChI=1S/C36H28N6O2/c1-44-28-20-18-27(19-21-28)38-36-30-7-3-5-9-32(30)40-34(42-36)25-14-12-24(13-15-25)33-39-31-8-4-2-6-29(31)35(41-33)37-26-16-10-23(22-43)11-17-26/h2-21,43H,22H2,1H3,(H,37,39,41)(H,38,40,42). The Morgan fingerprint density at radius 1 is 0.545 bits per heavy atom. The largest absolute Gasteiger partial charge is 0.497 e. The Kier molecular flexibility index (Phi) is 7.24. The summed E-state index contributed by atoms with van der Waals surface area (Å²) in [4.78, 5) is 19.5. The normalized spacial score (nSPS) is 11.0. The van der Waals surface area contributed by atoms with Crippen molar-refractivity contribution in [3.05, 3.63) is 127 Å². The second kappa shape index (κ2) is 11.8. The van der Waals surface area contributed by atoms with Gasteiger partial charge in [-0.1, -0.05) is 60.7 Å². The van der Waals surface area contributed by atoms with Gasteiger partial charge in [-0.05, 0) is 66.2 Å². The number of aromatic nitrogens is 4. The minimum absolute atomic E-state index is 0.00159. The van der Waals surface area contributed by atoms with E-state index in [4.69, 9.17) is 24.7 Å². The highest BCUT2D eigenvalue weighted by molar-refractivity contribution is 5.93. The second-order valence-electron chi connectivity index (χ2n) is 10.2. The van der Waals surface area contributed by atoms with Crippen LogP contribution in [0.3, 0.4) is 0 Å². The highest BCUT2D eigenvalue weighted by Gasteiger charge is 2.13. The maximum absolute atomic E-state index is 9.39. The van der Waals surface area contributed by atoms with Gasteiger partial charge in [0.25, 0.3) is 0 Å². The van der Waals surface area contributed by atoms with Gasteiger partial charge in [0.2, 0.25) is 0 Å². The van der Waals surface area contributed by atoms with Crippen molar-refractivity contribution in [1.29, 1.82) is 0 Å². The third-order valence-electron chi connectivity index (χ3n) is 7.36. The number of methoxy groups -OCH3 is 1. The monoisotopic (exact) mass is 576 g/mol. The molecule has 0 aliphatic heterocycles. The van der Waals surface area contributed by atoms with Gasteiger partial charge in [-0.3, -0.25) is 0 Å². The summed E-state index contributed by atoms with van der Waals surface area (Å²) in [6, 6.07) is 39.2. The number of rotatable bonds is 8. The van der Waals surface area contributed by atoms with Crippen LogP contribution in [0.25, 0.3) is 44.6 Å². The molecule has 0 aliphatic carbocycles. The summed E-state index contributed by atoms with van der Waals surface area (Å²) < 4.78 is 5.30. The van der Waals surface area contributed by atoms with Crippen LogP contribution in [0.2, 0.25) is 0 Å². The number of nitrogens with zero attached hydrogens (tertiary/aromatic N) is 4. The molecular weight excluding hydrogens is 548 g/mol. The maximum atomic E-state index is 9.39. The summed E-state index contributed by atoms with van der Waals surface area (Å²) in [7, 11) is 1.65. The zero-order chi connectivity index (χ0) is 29.9. The molecule has 0 saturated carbocycles. The van der Waals surface area contributed by atoms with Gasteiger partial charge in [-0.2, -0.15) is 0 Å². The number of aliphatic hydroxyl groups excluding tert-OH is 1. The Morgan fingerprint density at radius 3 is 1.45 bits per heavy atom. The summed E-state index contributed by atoms with van der Waals surface area (Å²) in [5.41, 5.74) is 6.05. The van der Waals surface area contributed by atoms with Crippen LogP contribution >= 0.6 is 0 Å². The third-order valence-corrected chi connectivity index (χ3v) is 7.36. The lowest BCUT2D eigenvalue weighted by atomic mass is 10.1. The molecule has 0 unspecified atom stereocenters. The van der Waals surface area contributed by atoms with Gasteiger partial charge < -0.3 is 20.5 Å². The number of ether oxygens (including phenoxy) is 1. The fourth-order valence-electron chi connectivity index (χ4n) is 5.01. The molecule has 5 aromatic carbocycles. The van der Waals surface area contributed by atoms with Crippen molar-refractivity contribution in [3.63, 3.8) is 0 Å². The second-order valence-corrected chi connectivity index (χ2v) is 10.2. The van der Waals surface area contributed by atoms with Gasteiger partial charge in [0, 0.05) is 33.3 Å². The molecule has 0 aliphatic rings. The lowest BCUT2D eigenvalue weighted by Gasteiger charge is -2.13. The van der Waals surface area contributed by atoms with E-state index in [0.717, 1.165) is 61.4 Å². The van der Waals surface area contributed by atoms with Crippen molar-refractivity contribution in [2.75, 3.05) is 17.7 Å². The van der Waals surface area contributed by atoms with E-state index >= 15 is 0 Å². The van der Waals surface area contributed by atoms with Crippen molar-refractivity contribution in [3.8, 4) is 28.5 Å². The van der Waals surface area contributed by atoms with Crippen LogP contribution in [0.1, 0.15) is 5.56 Å². The van der Waals surface area contributed by atoms with Crippen LogP contribution in [-0.4, -0.2) is 32.2 Å². The molecule has 0 amide bonds. The molecule has 0 radical (unpaired) electrons. The predicted molar refractivity (Wildman–Crippen MR) is 175 cm³/mol. The smallest absolute Gasteiger partial charge is 0.162 e. The molecule has 0 bridgehead atoms. The van der Waals surface area contributed by atoms with Crippen LogP contribution in [0.5, 0.6) is 5.75 Å². The number of aliphatic hydroxyl groups is 1. The van der Waals surface area contributed by atoms with E-state index < -0.39 is 0 Å². The number of hydrogen-bond donors (Lipinski definition) is 3. The molecule has 8 nitrogen and oxygen atoms in total. The van der Waals surface area contributed by atoms with Crippen LogP contribution in [0, 0.1) is 0 Å². The SMILES string of the molecule is COc1ccc(Nc2nc(-c3ccc(-c4nc(Nc5ccc(CO)cc5)c5ccccc5n4)cc3)nc3ccccc23)cc1. The summed E-state index contributed by atoms with van der Waals surface area (Å²) in [6.07, 6.45) is 0. The summed E-state index contributed by atoms with van der Waals surface area (Å²) in [5, 5.41) is 18.1. The molecule has 0 saturated heterocycles. The molecule has 7 aromatic rings. The van der Waals surface area contributed by atoms with Crippen molar-refractivity contribution in [1.82, 2.24) is 19.9 Å². The number of para-hydroxylation sites is 2. The Bertz CT molecular complexity index is 1930. The lowest BCUT2D eigenvalue weighted by molar-refractivity contribution is 0.282. The van der Waals surface area contributed by atoms with E-state index in [1.807, 2.05) is 121 Å². The van der Waals surface area contributed by atoms with Gasteiger partial charge in [0.15, 0.2) is 11.6 Å². The molecule has 8 heteroatoms. The first-order valence-electron chi connectivity index (χ1n) is 14.2. The molecule has 2 heterocycles. The molecule has 44 heavy (non-hydrogen) atoms. The Balaban J connectivity index is 1.22. The van der Waals surface area contributed by atoms with E-state index in [1.54, 1.807) is 7.11 Å². The van der Waals surface area contributed by atoms with E-state index in [1.165, 1.54) is 0 Å². The number of nitrogens with one attached hydrogen (secondary N) is 2. The maximum Gasteiger partial charge on any atom is 0.162 e. The Morgan fingerprint density at radius 2 is 1.00 bits per heavy atom. The van der Waals surface area contributed by atoms with Crippen molar-refractivity contribution in [2.45, 2.75) is 6.61 Å². The van der Waals surface area contributed by atoms with E-state index in [0.29, 0.717) is 17.5 Å². The van der Waals surface area contributed by atoms with Crippen molar-refractivity contribution in [2.24, 2.45) is 0 Å². The fourth-order valence-corrected chi connectivity index (χ4v) is 5.01. The summed E-state index contributed by atoms with van der Waals surface area (Å²) >= 11 is 0. The van der Waals surface area contributed by atoms with Crippen LogP contribution < -0.4 is 15.4 Å². The molecule has 3 N–H and O–H groups in total. The van der Waals surface area contributed by atoms with Crippen LogP contribution in [0.4, 0.5) is 23.0 Å². The topological polar surface area (TPSA) is 105 Å². The van der Waals surface area contributed by atoms with Crippen LogP contribution in [-0.2, 0) is 6.61 Å². The highest BCUT2D eigenvalue weighted by atomic mass is 16.5. The molecule has 0 spiro atoms. The number of hydrogen-bond acceptors (Lipinski definition) is 8. The quantitative estimate of drug-likeness (QED) is 0.168. The Labute approximate surface area is 254 Å². The van der Waals surface area contributed by atoms with Gasteiger partial charge >= 0.3 is 0 Å². The van der Waals surface area contributed by atoms with E-state index in [9.17, 15) is 5.11 Å². The van der Waals surface area contributed by atoms with Crippen LogP contribution in [0.15, 0.2) is 121 Å². The number of anilines is 4. The third kappa shape index (κ3) is 5.49. The minimum atomic E-state index is 0.00159. The predicted octanol–water partition coefficient (Wildman–Crippen LogP) is 7.90. The fraction of sp³-hybridized carbons (Fsp3) is 0.0556. The Hall–Kier alpha value is -5.86. The van der Waals surface area contributed by atoms with Crippen molar-refractivity contribution >= 4 is 44.8 Å². The minimum Gasteiger partial charge on any atom is -0.497 e. The van der Waals surface area contributed by atoms with Gasteiger partial charge in [-0.15, -0.1) is 0 Å². The summed E-state index contributed by atoms with van der Waals surface area (Å²) in [6.45, 7) is 0.00159. The zero-order valence-corrected chi connectivity index (χ0v) is 23.9. The average Bonchev–Trinajstić information content (AvgIpc) is 3.09. The molecule has 2 aromatic heterocycles. The van der Waals surface area contributed by atoms with E-state index in [2.05, 4.69) is 10.6 Å². The van der Waals surface area contributed by atoms with Gasteiger partial charge in [-0.25, -0.2) is 19.9 Å². The lowest BCUT2D eigenvalue weighted by Crippen LogP contribution is -2.00. The molecule has 214 valence electrons. The van der Waals surface area contributed by atoms with E-state index in [-0.39, 0.29) is 6.61 Å². The molecule has 0 fully saturated rings. The van der Waals surface area contributed by atoms with Gasteiger partial charge in [0.05, 0.1) is 24.8 Å². The van der Waals surface area contributed by atoms with Gasteiger partial charge in [0.1, 0.15) is 17.4 Å². The molecule has 7 rings (SSSR count). The average molecular weight is 577 g/mol. The molecule has 0 atom stereocenters. The first-order chi connectivity index (χ1) is 21.7. The zero-order valence-electron chi connectivity index (χ0n) is 23.9. The number of fused-ring (bicyclic) bond motifs is 2. The summed E-state index contributed by atoms with van der Waals surface area (Å²) in [5.74, 6) is 3.43. The first kappa shape index (κ1) is 27.0.